The summed E-state index contributed by atoms with van der Waals surface area (Å²) >= 11 is 0. The molecule has 0 amide bonds. The predicted octanol–water partition coefficient (Wildman–Crippen LogP) is 7.17. The highest BCUT2D eigenvalue weighted by atomic mass is 19.1. The highest BCUT2D eigenvalue weighted by Crippen LogP contribution is 2.33. The van der Waals surface area contributed by atoms with Crippen LogP contribution in [0.3, 0.4) is 0 Å². The lowest BCUT2D eigenvalue weighted by atomic mass is 9.80. The molecule has 150 valence electrons. The Morgan fingerprint density at radius 3 is 2.11 bits per heavy atom. The maximum absolute atomic E-state index is 13.0. The molecule has 0 radical (unpaired) electrons. The van der Waals surface area contributed by atoms with E-state index in [1.165, 1.54) is 44.2 Å². The first-order valence-electron chi connectivity index (χ1n) is 10.7. The van der Waals surface area contributed by atoms with Gasteiger partial charge in [-0.3, -0.25) is 4.79 Å². The first-order valence-corrected chi connectivity index (χ1v) is 10.7. The molecule has 2 nitrogen and oxygen atoms in total. The van der Waals surface area contributed by atoms with Crippen molar-refractivity contribution in [1.82, 2.24) is 0 Å². The Kier molecular flexibility index (Phi) is 7.64. The van der Waals surface area contributed by atoms with E-state index in [0.29, 0.717) is 5.75 Å². The number of hydrogen-bond donors (Lipinski definition) is 0. The zero-order chi connectivity index (χ0) is 19.8. The summed E-state index contributed by atoms with van der Waals surface area (Å²) in [6, 6.07) is 13.8. The van der Waals surface area contributed by atoms with Crippen molar-refractivity contribution in [2.24, 2.45) is 11.8 Å². The van der Waals surface area contributed by atoms with Gasteiger partial charge in [-0.2, -0.15) is 0 Å². The topological polar surface area (TPSA) is 26.3 Å². The van der Waals surface area contributed by atoms with Gasteiger partial charge in [0.2, 0.25) is 0 Å². The van der Waals surface area contributed by atoms with Crippen molar-refractivity contribution >= 4 is 5.97 Å². The third-order valence-electron chi connectivity index (χ3n) is 5.90. The SMILES string of the molecule is CCCCCCC1CCC(C(=O)Oc2ccc(-c3ccc(F)cc3)cc2)CC1. The molecule has 0 saturated heterocycles. The summed E-state index contributed by atoms with van der Waals surface area (Å²) in [6.45, 7) is 2.24. The van der Waals surface area contributed by atoms with Gasteiger partial charge in [0.25, 0.3) is 0 Å². The van der Waals surface area contributed by atoms with Gasteiger partial charge in [-0.25, -0.2) is 4.39 Å². The summed E-state index contributed by atoms with van der Waals surface area (Å²) in [4.78, 5) is 12.5. The number of unbranched alkanes of at least 4 members (excludes halogenated alkanes) is 3. The van der Waals surface area contributed by atoms with E-state index in [0.717, 1.165) is 42.7 Å². The molecule has 0 bridgehead atoms. The summed E-state index contributed by atoms with van der Waals surface area (Å²) in [7, 11) is 0. The number of benzene rings is 2. The van der Waals surface area contributed by atoms with Crippen molar-refractivity contribution in [3.8, 4) is 16.9 Å². The molecule has 3 rings (SSSR count). The Hall–Kier alpha value is -2.16. The Labute approximate surface area is 168 Å². The average Bonchev–Trinajstić information content (AvgIpc) is 2.73. The van der Waals surface area contributed by atoms with E-state index < -0.39 is 0 Å². The molecule has 2 aromatic rings. The Balaban J connectivity index is 1.45. The Bertz CT molecular complexity index is 728. The first-order chi connectivity index (χ1) is 13.7. The number of rotatable bonds is 8. The van der Waals surface area contributed by atoms with Crippen LogP contribution in [0.2, 0.25) is 0 Å². The molecule has 1 fully saturated rings. The van der Waals surface area contributed by atoms with Gasteiger partial charge in [-0.1, -0.05) is 63.3 Å². The van der Waals surface area contributed by atoms with Crippen LogP contribution >= 0.6 is 0 Å². The van der Waals surface area contributed by atoms with E-state index in [1.54, 1.807) is 12.1 Å². The largest absolute Gasteiger partial charge is 0.426 e. The van der Waals surface area contributed by atoms with Gasteiger partial charge < -0.3 is 4.74 Å². The van der Waals surface area contributed by atoms with E-state index in [1.807, 2.05) is 24.3 Å². The van der Waals surface area contributed by atoms with Gasteiger partial charge in [0, 0.05) is 0 Å². The van der Waals surface area contributed by atoms with Gasteiger partial charge in [0.05, 0.1) is 5.92 Å². The van der Waals surface area contributed by atoms with Crippen LogP contribution in [-0.2, 0) is 4.79 Å². The fraction of sp³-hybridized carbons (Fsp3) is 0.480. The molecule has 0 heterocycles. The molecule has 0 atom stereocenters. The fourth-order valence-electron chi connectivity index (χ4n) is 4.10. The molecule has 1 aliphatic rings. The number of carbonyl (C=O) groups is 1. The van der Waals surface area contributed by atoms with Gasteiger partial charge >= 0.3 is 5.97 Å². The monoisotopic (exact) mass is 382 g/mol. The smallest absolute Gasteiger partial charge is 0.314 e. The molecule has 0 aromatic heterocycles. The third-order valence-corrected chi connectivity index (χ3v) is 5.90. The van der Waals surface area contributed by atoms with Crippen molar-refractivity contribution in [1.29, 1.82) is 0 Å². The van der Waals surface area contributed by atoms with Crippen LogP contribution in [0.1, 0.15) is 64.7 Å². The van der Waals surface area contributed by atoms with Crippen LogP contribution in [0, 0.1) is 17.7 Å². The highest BCUT2D eigenvalue weighted by Gasteiger charge is 2.27. The summed E-state index contributed by atoms with van der Waals surface area (Å²) in [5.41, 5.74) is 1.92. The molecular weight excluding hydrogens is 351 g/mol. The quantitative estimate of drug-likeness (QED) is 0.275. The molecule has 0 aliphatic heterocycles. The van der Waals surface area contributed by atoms with Crippen LogP contribution in [0.15, 0.2) is 48.5 Å². The van der Waals surface area contributed by atoms with Crippen LogP contribution in [0.4, 0.5) is 4.39 Å². The Morgan fingerprint density at radius 2 is 1.50 bits per heavy atom. The van der Waals surface area contributed by atoms with Crippen LogP contribution in [-0.4, -0.2) is 5.97 Å². The lowest BCUT2D eigenvalue weighted by Crippen LogP contribution is -2.25. The van der Waals surface area contributed by atoms with Gasteiger partial charge in [-0.05, 0) is 67.0 Å². The molecule has 28 heavy (non-hydrogen) atoms. The summed E-state index contributed by atoms with van der Waals surface area (Å²) < 4.78 is 18.7. The minimum absolute atomic E-state index is 0.0312. The summed E-state index contributed by atoms with van der Waals surface area (Å²) in [5.74, 6) is 1.06. The molecule has 0 spiro atoms. The second-order valence-electron chi connectivity index (χ2n) is 8.02. The first kappa shape index (κ1) is 20.6. The number of carbonyl (C=O) groups excluding carboxylic acids is 1. The molecule has 2 aromatic carbocycles. The molecule has 1 aliphatic carbocycles. The van der Waals surface area contributed by atoms with Crippen molar-refractivity contribution in [2.75, 3.05) is 0 Å². The van der Waals surface area contributed by atoms with E-state index in [-0.39, 0.29) is 17.7 Å². The van der Waals surface area contributed by atoms with Gasteiger partial charge in [-0.15, -0.1) is 0 Å². The minimum atomic E-state index is -0.245. The number of halogens is 1. The zero-order valence-electron chi connectivity index (χ0n) is 16.8. The van der Waals surface area contributed by atoms with Crippen molar-refractivity contribution < 1.29 is 13.9 Å². The highest BCUT2D eigenvalue weighted by molar-refractivity contribution is 5.75. The molecular formula is C25H31FO2. The van der Waals surface area contributed by atoms with E-state index >= 15 is 0 Å². The van der Waals surface area contributed by atoms with Crippen molar-refractivity contribution in [3.05, 3.63) is 54.3 Å². The second-order valence-corrected chi connectivity index (χ2v) is 8.02. The maximum atomic E-state index is 13.0. The number of esters is 1. The van der Waals surface area contributed by atoms with E-state index in [2.05, 4.69) is 6.92 Å². The van der Waals surface area contributed by atoms with Gasteiger partial charge in [0.1, 0.15) is 11.6 Å². The molecule has 0 unspecified atom stereocenters. The van der Waals surface area contributed by atoms with Crippen LogP contribution < -0.4 is 4.74 Å². The predicted molar refractivity (Wildman–Crippen MR) is 112 cm³/mol. The molecule has 3 heteroatoms. The van der Waals surface area contributed by atoms with E-state index in [4.69, 9.17) is 4.74 Å². The maximum Gasteiger partial charge on any atom is 0.314 e. The average molecular weight is 383 g/mol. The number of ether oxygens (including phenoxy) is 1. The Morgan fingerprint density at radius 1 is 0.893 bits per heavy atom. The van der Waals surface area contributed by atoms with Crippen molar-refractivity contribution in [2.45, 2.75) is 64.7 Å². The van der Waals surface area contributed by atoms with Crippen molar-refractivity contribution in [3.63, 3.8) is 0 Å². The lowest BCUT2D eigenvalue weighted by molar-refractivity contribution is -0.140. The normalized spacial score (nSPS) is 19.4. The van der Waals surface area contributed by atoms with E-state index in [9.17, 15) is 9.18 Å². The lowest BCUT2D eigenvalue weighted by Gasteiger charge is -2.27. The minimum Gasteiger partial charge on any atom is -0.426 e. The molecule has 0 N–H and O–H groups in total. The van der Waals surface area contributed by atoms with Crippen LogP contribution in [0.5, 0.6) is 5.75 Å². The fourth-order valence-corrected chi connectivity index (χ4v) is 4.10. The summed E-state index contributed by atoms with van der Waals surface area (Å²) in [5, 5.41) is 0. The third kappa shape index (κ3) is 5.92. The molecule has 1 saturated carbocycles. The van der Waals surface area contributed by atoms with Gasteiger partial charge in [0.15, 0.2) is 0 Å². The second kappa shape index (κ2) is 10.4. The zero-order valence-corrected chi connectivity index (χ0v) is 16.8. The standard InChI is InChI=1S/C25H31FO2/c1-2-3-4-5-6-19-7-9-22(10-8-19)25(27)28-24-17-13-21(14-18-24)20-11-15-23(26)16-12-20/h11-19,22H,2-10H2,1H3. The van der Waals surface area contributed by atoms with Crippen LogP contribution in [0.25, 0.3) is 11.1 Å². The number of hydrogen-bond acceptors (Lipinski definition) is 2. The summed E-state index contributed by atoms with van der Waals surface area (Å²) in [6.07, 6.45) is 10.8.